The average Bonchev–Trinajstić information content (AvgIpc) is 2.95. The van der Waals surface area contributed by atoms with Gasteiger partial charge in [-0.1, -0.05) is 71.8 Å². The predicted molar refractivity (Wildman–Crippen MR) is 96.8 cm³/mol. The Bertz CT molecular complexity index is 966. The van der Waals surface area contributed by atoms with Gasteiger partial charge in [-0.3, -0.25) is 0 Å². The molecule has 23 heavy (non-hydrogen) atoms. The average molecular weight is 319 g/mol. The SMILES string of the molecule is Cc1ccc(-c2c(-c3ccccc3)oc3ccc(Cl)cc23)cc1. The summed E-state index contributed by atoms with van der Waals surface area (Å²) in [5, 5.41) is 1.76. The number of halogens is 1. The number of rotatable bonds is 2. The van der Waals surface area contributed by atoms with Gasteiger partial charge < -0.3 is 4.42 Å². The molecular formula is C21H15ClO. The fourth-order valence-electron chi connectivity index (χ4n) is 2.87. The van der Waals surface area contributed by atoms with Crippen LogP contribution in [-0.4, -0.2) is 0 Å². The Morgan fingerprint density at radius 2 is 1.52 bits per heavy atom. The molecule has 0 unspecified atom stereocenters. The van der Waals surface area contributed by atoms with Gasteiger partial charge in [0.1, 0.15) is 11.3 Å². The molecule has 0 atom stereocenters. The zero-order chi connectivity index (χ0) is 15.8. The second kappa shape index (κ2) is 5.60. The topological polar surface area (TPSA) is 13.1 Å². The minimum atomic E-state index is 0.714. The van der Waals surface area contributed by atoms with Gasteiger partial charge in [0.05, 0.1) is 0 Å². The van der Waals surface area contributed by atoms with Gasteiger partial charge in [0, 0.05) is 21.5 Å². The van der Waals surface area contributed by atoms with Crippen LogP contribution < -0.4 is 0 Å². The number of furan rings is 1. The molecule has 1 aromatic heterocycles. The van der Waals surface area contributed by atoms with Crippen molar-refractivity contribution in [1.29, 1.82) is 0 Å². The van der Waals surface area contributed by atoms with Crippen molar-refractivity contribution in [1.82, 2.24) is 0 Å². The Balaban J connectivity index is 2.06. The summed E-state index contributed by atoms with van der Waals surface area (Å²) in [5.41, 5.74) is 5.38. The Hall–Kier alpha value is -2.51. The van der Waals surface area contributed by atoms with E-state index in [1.807, 2.05) is 36.4 Å². The summed E-state index contributed by atoms with van der Waals surface area (Å²) in [6, 6.07) is 24.5. The van der Waals surface area contributed by atoms with Gasteiger partial charge in [-0.2, -0.15) is 0 Å². The summed E-state index contributed by atoms with van der Waals surface area (Å²) < 4.78 is 6.17. The molecule has 0 saturated heterocycles. The zero-order valence-electron chi connectivity index (χ0n) is 12.7. The van der Waals surface area contributed by atoms with Gasteiger partial charge in [0.25, 0.3) is 0 Å². The normalized spacial score (nSPS) is 11.0. The second-order valence-electron chi connectivity index (χ2n) is 5.68. The molecule has 3 aromatic carbocycles. The van der Waals surface area contributed by atoms with Crippen LogP contribution >= 0.6 is 11.6 Å². The lowest BCUT2D eigenvalue weighted by Gasteiger charge is -2.05. The molecule has 0 spiro atoms. The standard InChI is InChI=1S/C21H15ClO/c1-14-7-9-15(10-8-14)20-18-13-17(22)11-12-19(18)23-21(20)16-5-3-2-4-6-16/h2-13H,1H3. The molecular weight excluding hydrogens is 304 g/mol. The van der Waals surface area contributed by atoms with E-state index in [0.29, 0.717) is 5.02 Å². The monoisotopic (exact) mass is 318 g/mol. The van der Waals surface area contributed by atoms with Crippen molar-refractivity contribution >= 4 is 22.6 Å². The van der Waals surface area contributed by atoms with Crippen molar-refractivity contribution in [2.75, 3.05) is 0 Å². The van der Waals surface area contributed by atoms with E-state index >= 15 is 0 Å². The molecule has 0 saturated carbocycles. The fraction of sp³-hybridized carbons (Fsp3) is 0.0476. The zero-order valence-corrected chi connectivity index (χ0v) is 13.5. The first-order chi connectivity index (χ1) is 11.2. The van der Waals surface area contributed by atoms with E-state index in [1.54, 1.807) is 0 Å². The lowest BCUT2D eigenvalue weighted by Crippen LogP contribution is -1.81. The largest absolute Gasteiger partial charge is 0.455 e. The number of hydrogen-bond acceptors (Lipinski definition) is 1. The van der Waals surface area contributed by atoms with Crippen molar-refractivity contribution in [3.05, 3.63) is 83.4 Å². The van der Waals surface area contributed by atoms with E-state index in [0.717, 1.165) is 33.4 Å². The maximum Gasteiger partial charge on any atom is 0.143 e. The van der Waals surface area contributed by atoms with Crippen molar-refractivity contribution in [3.8, 4) is 22.5 Å². The molecule has 0 aliphatic carbocycles. The first kappa shape index (κ1) is 14.1. The van der Waals surface area contributed by atoms with Crippen LogP contribution in [0.4, 0.5) is 0 Å². The van der Waals surface area contributed by atoms with E-state index in [2.05, 4.69) is 43.3 Å². The number of benzene rings is 3. The minimum Gasteiger partial charge on any atom is -0.455 e. The lowest BCUT2D eigenvalue weighted by atomic mass is 9.98. The van der Waals surface area contributed by atoms with Gasteiger partial charge in [0.15, 0.2) is 0 Å². The predicted octanol–water partition coefficient (Wildman–Crippen LogP) is 6.73. The highest BCUT2D eigenvalue weighted by Gasteiger charge is 2.17. The smallest absolute Gasteiger partial charge is 0.143 e. The van der Waals surface area contributed by atoms with Crippen LogP contribution in [0.1, 0.15) is 5.56 Å². The molecule has 4 aromatic rings. The quantitative estimate of drug-likeness (QED) is 0.399. The molecule has 0 radical (unpaired) electrons. The molecule has 0 bridgehead atoms. The van der Waals surface area contributed by atoms with Gasteiger partial charge in [-0.25, -0.2) is 0 Å². The van der Waals surface area contributed by atoms with Crippen LogP contribution in [0, 0.1) is 6.92 Å². The molecule has 1 nitrogen and oxygen atoms in total. The summed E-state index contributed by atoms with van der Waals surface area (Å²) in [7, 11) is 0. The van der Waals surface area contributed by atoms with E-state index in [1.165, 1.54) is 5.56 Å². The molecule has 4 rings (SSSR count). The summed E-state index contributed by atoms with van der Waals surface area (Å²) in [4.78, 5) is 0. The van der Waals surface area contributed by atoms with Gasteiger partial charge in [-0.05, 0) is 30.7 Å². The third kappa shape index (κ3) is 2.54. The molecule has 0 aliphatic heterocycles. The molecule has 0 N–H and O–H groups in total. The highest BCUT2D eigenvalue weighted by Crippen LogP contribution is 2.41. The summed E-state index contributed by atoms with van der Waals surface area (Å²) in [6.07, 6.45) is 0. The Kier molecular flexibility index (Phi) is 3.44. The van der Waals surface area contributed by atoms with E-state index in [-0.39, 0.29) is 0 Å². The van der Waals surface area contributed by atoms with E-state index in [9.17, 15) is 0 Å². The van der Waals surface area contributed by atoms with Crippen LogP contribution in [0.15, 0.2) is 77.2 Å². The first-order valence-corrected chi connectivity index (χ1v) is 7.95. The van der Waals surface area contributed by atoms with Crippen LogP contribution in [0.5, 0.6) is 0 Å². The van der Waals surface area contributed by atoms with Crippen LogP contribution in [-0.2, 0) is 0 Å². The first-order valence-electron chi connectivity index (χ1n) is 7.57. The number of hydrogen-bond donors (Lipinski definition) is 0. The maximum atomic E-state index is 6.22. The van der Waals surface area contributed by atoms with Crippen molar-refractivity contribution < 1.29 is 4.42 Å². The minimum absolute atomic E-state index is 0.714. The third-order valence-corrected chi connectivity index (χ3v) is 4.26. The summed E-state index contributed by atoms with van der Waals surface area (Å²) in [5.74, 6) is 0.881. The molecule has 0 amide bonds. The fourth-order valence-corrected chi connectivity index (χ4v) is 3.04. The van der Waals surface area contributed by atoms with Crippen molar-refractivity contribution in [2.45, 2.75) is 6.92 Å². The lowest BCUT2D eigenvalue weighted by molar-refractivity contribution is 0.632. The second-order valence-corrected chi connectivity index (χ2v) is 6.12. The third-order valence-electron chi connectivity index (χ3n) is 4.03. The Labute approximate surface area is 140 Å². The Morgan fingerprint density at radius 3 is 2.26 bits per heavy atom. The summed E-state index contributed by atoms with van der Waals surface area (Å²) >= 11 is 6.22. The van der Waals surface area contributed by atoms with E-state index < -0.39 is 0 Å². The highest BCUT2D eigenvalue weighted by atomic mass is 35.5. The molecule has 0 fully saturated rings. The Morgan fingerprint density at radius 1 is 0.783 bits per heavy atom. The highest BCUT2D eigenvalue weighted by molar-refractivity contribution is 6.31. The van der Waals surface area contributed by atoms with Crippen LogP contribution in [0.2, 0.25) is 5.02 Å². The molecule has 112 valence electrons. The van der Waals surface area contributed by atoms with Crippen molar-refractivity contribution in [3.63, 3.8) is 0 Å². The maximum absolute atomic E-state index is 6.22. The van der Waals surface area contributed by atoms with Crippen molar-refractivity contribution in [2.24, 2.45) is 0 Å². The van der Waals surface area contributed by atoms with Gasteiger partial charge in [0.2, 0.25) is 0 Å². The number of fused-ring (bicyclic) bond motifs is 1. The molecule has 0 aliphatic rings. The van der Waals surface area contributed by atoms with E-state index in [4.69, 9.17) is 16.0 Å². The van der Waals surface area contributed by atoms with Crippen LogP contribution in [0.25, 0.3) is 33.4 Å². The number of aryl methyl sites for hydroxylation is 1. The van der Waals surface area contributed by atoms with Gasteiger partial charge in [-0.15, -0.1) is 0 Å². The summed E-state index contributed by atoms with van der Waals surface area (Å²) in [6.45, 7) is 2.09. The molecule has 1 heterocycles. The molecule has 2 heteroatoms. The van der Waals surface area contributed by atoms with Crippen LogP contribution in [0.3, 0.4) is 0 Å². The van der Waals surface area contributed by atoms with Gasteiger partial charge >= 0.3 is 0 Å².